The second-order valence-corrected chi connectivity index (χ2v) is 11.2. The summed E-state index contributed by atoms with van der Waals surface area (Å²) in [7, 11) is 0. The van der Waals surface area contributed by atoms with Crippen molar-refractivity contribution < 1.29 is 15.0 Å². The van der Waals surface area contributed by atoms with Crippen LogP contribution in [0, 0.1) is 46.3 Å². The molecule has 0 aromatic carbocycles. The second kappa shape index (κ2) is 7.13. The lowest BCUT2D eigenvalue weighted by Gasteiger charge is -2.62. The molecule has 27 heavy (non-hydrogen) atoms. The van der Waals surface area contributed by atoms with E-state index in [1.165, 1.54) is 25.7 Å². The molecule has 0 heterocycles. The Balaban J connectivity index is 1.58. The fourth-order valence-corrected chi connectivity index (χ4v) is 8.71. The van der Waals surface area contributed by atoms with Gasteiger partial charge in [0.2, 0.25) is 0 Å². The maximum atomic E-state index is 11.2. The van der Waals surface area contributed by atoms with Gasteiger partial charge in [0.25, 0.3) is 0 Å². The Kier molecular flexibility index (Phi) is 5.25. The summed E-state index contributed by atoms with van der Waals surface area (Å²) < 4.78 is 0. The Hall–Kier alpha value is -0.410. The van der Waals surface area contributed by atoms with E-state index >= 15 is 0 Å². The van der Waals surface area contributed by atoms with Crippen LogP contribution in [-0.4, -0.2) is 28.7 Å². The second-order valence-electron chi connectivity index (χ2n) is 11.2. The van der Waals surface area contributed by atoms with E-state index in [0.717, 1.165) is 38.4 Å². The number of rotatable bonds is 4. The molecular formula is C24H40O3. The minimum absolute atomic E-state index is 0.157. The molecule has 0 bridgehead atoms. The fraction of sp³-hybridized carbons (Fsp3) is 0.958. The molecule has 4 unspecified atom stereocenters. The van der Waals surface area contributed by atoms with Crippen molar-refractivity contribution in [2.45, 2.75) is 97.2 Å². The summed E-state index contributed by atoms with van der Waals surface area (Å²) in [5.74, 6) is 3.51. The van der Waals surface area contributed by atoms with Crippen LogP contribution in [0.15, 0.2) is 0 Å². The standard InChI is InChI=1S/C24H40O3/c1-15(5-4-12-25)18-6-7-19-22-20(9-11-24(18,19)3)23(2)10-8-17(26)13-16(23)14-21(22)27/h12,15-22,26-27H,4-11,13-14H2,1-3H3/t15?,16-,17+,18+,19?,20?,21+,22?,23-,24+/m0/s1. The first-order chi connectivity index (χ1) is 12.8. The molecule has 0 aromatic heterocycles. The molecule has 4 aliphatic carbocycles. The maximum Gasteiger partial charge on any atom is 0.120 e. The van der Waals surface area contributed by atoms with Gasteiger partial charge in [0.15, 0.2) is 0 Å². The van der Waals surface area contributed by atoms with Crippen molar-refractivity contribution in [1.29, 1.82) is 0 Å². The normalized spacial score (nSPS) is 53.1. The van der Waals surface area contributed by atoms with Gasteiger partial charge < -0.3 is 15.0 Å². The van der Waals surface area contributed by atoms with Gasteiger partial charge in [0, 0.05) is 6.42 Å². The number of hydrogen-bond donors (Lipinski definition) is 2. The van der Waals surface area contributed by atoms with E-state index in [-0.39, 0.29) is 12.2 Å². The van der Waals surface area contributed by atoms with E-state index < -0.39 is 0 Å². The van der Waals surface area contributed by atoms with Gasteiger partial charge in [-0.05, 0) is 104 Å². The third kappa shape index (κ3) is 3.03. The molecule has 0 amide bonds. The molecule has 0 aromatic rings. The van der Waals surface area contributed by atoms with Crippen molar-refractivity contribution in [3.63, 3.8) is 0 Å². The summed E-state index contributed by atoms with van der Waals surface area (Å²) in [5, 5.41) is 21.4. The largest absolute Gasteiger partial charge is 0.393 e. The SMILES string of the molecule is CC(CCC=O)[C@H]1CCC2C3C(CC[C@@]21C)[C@@]1(C)CC[C@@H](O)C[C@H]1C[C@H]3O. The van der Waals surface area contributed by atoms with Gasteiger partial charge in [0.1, 0.15) is 6.29 Å². The third-order valence-corrected chi connectivity index (χ3v) is 10.2. The average molecular weight is 377 g/mol. The van der Waals surface area contributed by atoms with E-state index in [2.05, 4.69) is 20.8 Å². The highest BCUT2D eigenvalue weighted by Crippen LogP contribution is 2.68. The number of aldehydes is 1. The lowest BCUT2D eigenvalue weighted by atomic mass is 9.43. The quantitative estimate of drug-likeness (QED) is 0.706. The minimum Gasteiger partial charge on any atom is -0.393 e. The van der Waals surface area contributed by atoms with E-state index in [1.54, 1.807) is 0 Å². The molecule has 2 N–H and O–H groups in total. The smallest absolute Gasteiger partial charge is 0.120 e. The number of fused-ring (bicyclic) bond motifs is 5. The average Bonchev–Trinajstić information content (AvgIpc) is 2.98. The molecule has 10 atom stereocenters. The molecule has 4 saturated carbocycles. The van der Waals surface area contributed by atoms with Crippen LogP contribution >= 0.6 is 0 Å². The van der Waals surface area contributed by atoms with Gasteiger partial charge in [-0.3, -0.25) is 0 Å². The zero-order valence-electron chi connectivity index (χ0n) is 17.6. The lowest BCUT2D eigenvalue weighted by molar-refractivity contribution is -0.174. The van der Waals surface area contributed by atoms with Gasteiger partial charge in [-0.2, -0.15) is 0 Å². The molecule has 4 aliphatic rings. The summed E-state index contributed by atoms with van der Waals surface area (Å²) in [6.45, 7) is 7.34. The lowest BCUT2D eigenvalue weighted by Crippen LogP contribution is -2.58. The van der Waals surface area contributed by atoms with Crippen LogP contribution in [0.3, 0.4) is 0 Å². The van der Waals surface area contributed by atoms with E-state index in [4.69, 9.17) is 0 Å². The third-order valence-electron chi connectivity index (χ3n) is 10.2. The van der Waals surface area contributed by atoms with Crippen LogP contribution in [0.2, 0.25) is 0 Å². The highest BCUT2D eigenvalue weighted by Gasteiger charge is 2.62. The summed E-state index contributed by atoms with van der Waals surface area (Å²) in [5.41, 5.74) is 0.646. The van der Waals surface area contributed by atoms with Gasteiger partial charge in [0.05, 0.1) is 12.2 Å². The van der Waals surface area contributed by atoms with Gasteiger partial charge in [-0.1, -0.05) is 20.8 Å². The van der Waals surface area contributed by atoms with Crippen molar-refractivity contribution in [2.24, 2.45) is 46.3 Å². The molecular weight excluding hydrogens is 336 g/mol. The first kappa shape index (κ1) is 19.9. The fourth-order valence-electron chi connectivity index (χ4n) is 8.71. The van der Waals surface area contributed by atoms with Crippen molar-refractivity contribution >= 4 is 6.29 Å². The van der Waals surface area contributed by atoms with Crippen molar-refractivity contribution in [3.05, 3.63) is 0 Å². The predicted molar refractivity (Wildman–Crippen MR) is 107 cm³/mol. The minimum atomic E-state index is -0.188. The van der Waals surface area contributed by atoms with Crippen LogP contribution in [0.25, 0.3) is 0 Å². The zero-order valence-corrected chi connectivity index (χ0v) is 17.6. The molecule has 0 spiro atoms. The Morgan fingerprint density at radius 2 is 1.70 bits per heavy atom. The summed E-state index contributed by atoms with van der Waals surface area (Å²) in [6, 6.07) is 0. The summed E-state index contributed by atoms with van der Waals surface area (Å²) in [4.78, 5) is 10.9. The molecule has 4 fully saturated rings. The Morgan fingerprint density at radius 3 is 2.44 bits per heavy atom. The Labute approximate surface area is 165 Å². The van der Waals surface area contributed by atoms with Crippen LogP contribution < -0.4 is 0 Å². The maximum absolute atomic E-state index is 11.2. The van der Waals surface area contributed by atoms with Gasteiger partial charge in [-0.25, -0.2) is 0 Å². The first-order valence-electron chi connectivity index (χ1n) is 11.6. The van der Waals surface area contributed by atoms with E-state index in [9.17, 15) is 15.0 Å². The highest BCUT2D eigenvalue weighted by atomic mass is 16.3. The van der Waals surface area contributed by atoms with Crippen LogP contribution in [0.1, 0.15) is 85.0 Å². The number of hydrogen-bond acceptors (Lipinski definition) is 3. The highest BCUT2D eigenvalue weighted by molar-refractivity contribution is 5.49. The van der Waals surface area contributed by atoms with E-state index in [1.807, 2.05) is 0 Å². The number of carbonyl (C=O) groups is 1. The molecule has 0 saturated heterocycles. The summed E-state index contributed by atoms with van der Waals surface area (Å²) >= 11 is 0. The zero-order chi connectivity index (χ0) is 19.4. The van der Waals surface area contributed by atoms with Crippen molar-refractivity contribution in [3.8, 4) is 0 Å². The number of aliphatic hydroxyl groups excluding tert-OH is 2. The molecule has 0 aliphatic heterocycles. The first-order valence-corrected chi connectivity index (χ1v) is 11.6. The van der Waals surface area contributed by atoms with Crippen molar-refractivity contribution in [2.75, 3.05) is 0 Å². The van der Waals surface area contributed by atoms with Gasteiger partial charge in [-0.15, -0.1) is 0 Å². The Morgan fingerprint density at radius 1 is 1.00 bits per heavy atom. The van der Waals surface area contributed by atoms with Gasteiger partial charge >= 0.3 is 0 Å². The topological polar surface area (TPSA) is 57.5 Å². The number of aliphatic hydroxyl groups is 2. The molecule has 154 valence electrons. The molecule has 3 nitrogen and oxygen atoms in total. The van der Waals surface area contributed by atoms with E-state index in [0.29, 0.717) is 52.8 Å². The molecule has 4 rings (SSSR count). The predicted octanol–water partition coefficient (Wildman–Crippen LogP) is 4.59. The van der Waals surface area contributed by atoms with Crippen LogP contribution in [0.4, 0.5) is 0 Å². The molecule has 3 heteroatoms. The Bertz CT molecular complexity index is 562. The molecule has 0 radical (unpaired) electrons. The van der Waals surface area contributed by atoms with Crippen LogP contribution in [0.5, 0.6) is 0 Å². The van der Waals surface area contributed by atoms with Crippen LogP contribution in [-0.2, 0) is 4.79 Å². The van der Waals surface area contributed by atoms with Crippen molar-refractivity contribution in [1.82, 2.24) is 0 Å². The monoisotopic (exact) mass is 376 g/mol. The number of carbonyl (C=O) groups excluding carboxylic acids is 1. The summed E-state index contributed by atoms with van der Waals surface area (Å²) in [6.07, 6.45) is 11.4.